The Bertz CT molecular complexity index is 353. The molecule has 1 heterocycles. The molecule has 116 valence electrons. The Kier molecular flexibility index (Phi) is 5.65. The largest absolute Gasteiger partial charge is 0.444 e. The number of carbonyl (C=O) groups is 1. The van der Waals surface area contributed by atoms with Crippen LogP contribution in [0.25, 0.3) is 0 Å². The Morgan fingerprint density at radius 3 is 2.15 bits per heavy atom. The monoisotopic (exact) mass is 284 g/mol. The molecule has 6 heteroatoms. The molecule has 0 aromatic heterocycles. The minimum Gasteiger partial charge on any atom is -0.444 e. The standard InChI is InChI=1S/C14H28N4O2/c1-11(2)10-16-12(15)17-6-8-18(9-7-17)13(19)20-14(3,4)5/h11H,6-10H2,1-5H3,(H2,15,16). The van der Waals surface area contributed by atoms with Gasteiger partial charge in [-0.25, -0.2) is 4.79 Å². The van der Waals surface area contributed by atoms with Crippen molar-refractivity contribution < 1.29 is 9.53 Å². The predicted octanol–water partition coefficient (Wildman–Crippen LogP) is 1.51. The third kappa shape index (κ3) is 5.67. The second-order valence-electron chi connectivity index (χ2n) is 6.55. The van der Waals surface area contributed by atoms with Gasteiger partial charge in [-0.3, -0.25) is 4.99 Å². The van der Waals surface area contributed by atoms with Gasteiger partial charge >= 0.3 is 6.09 Å². The number of nitrogens with zero attached hydrogens (tertiary/aromatic N) is 3. The number of piperazine rings is 1. The van der Waals surface area contributed by atoms with Gasteiger partial charge in [-0.1, -0.05) is 13.8 Å². The molecule has 0 unspecified atom stereocenters. The van der Waals surface area contributed by atoms with Gasteiger partial charge in [0.05, 0.1) is 0 Å². The molecule has 2 N–H and O–H groups in total. The molecule has 1 amide bonds. The van der Waals surface area contributed by atoms with E-state index in [1.165, 1.54) is 0 Å². The van der Waals surface area contributed by atoms with Gasteiger partial charge in [0.15, 0.2) is 5.96 Å². The lowest BCUT2D eigenvalue weighted by Gasteiger charge is -2.36. The average Bonchev–Trinajstić information content (AvgIpc) is 2.34. The molecular formula is C14H28N4O2. The van der Waals surface area contributed by atoms with Crippen molar-refractivity contribution in [3.05, 3.63) is 0 Å². The molecule has 1 rings (SSSR count). The predicted molar refractivity (Wildman–Crippen MR) is 80.7 cm³/mol. The highest BCUT2D eigenvalue weighted by Crippen LogP contribution is 2.11. The molecule has 0 radical (unpaired) electrons. The normalized spacial score (nSPS) is 17.6. The molecule has 6 nitrogen and oxygen atoms in total. The van der Waals surface area contributed by atoms with Gasteiger partial charge in [0.1, 0.15) is 5.60 Å². The van der Waals surface area contributed by atoms with Crippen molar-refractivity contribution in [1.29, 1.82) is 0 Å². The highest BCUT2D eigenvalue weighted by Gasteiger charge is 2.26. The van der Waals surface area contributed by atoms with E-state index < -0.39 is 5.60 Å². The lowest BCUT2D eigenvalue weighted by Crippen LogP contribution is -2.53. The molecule has 0 saturated carbocycles. The number of ether oxygens (including phenoxy) is 1. The fourth-order valence-corrected chi connectivity index (χ4v) is 1.82. The highest BCUT2D eigenvalue weighted by molar-refractivity contribution is 5.78. The van der Waals surface area contributed by atoms with Crippen LogP contribution in [0.4, 0.5) is 4.79 Å². The van der Waals surface area contributed by atoms with Crippen LogP contribution in [0.5, 0.6) is 0 Å². The Labute approximate surface area is 122 Å². The summed E-state index contributed by atoms with van der Waals surface area (Å²) in [5.74, 6) is 1.07. The van der Waals surface area contributed by atoms with E-state index in [1.54, 1.807) is 4.90 Å². The van der Waals surface area contributed by atoms with Crippen LogP contribution >= 0.6 is 0 Å². The fraction of sp³-hybridized carbons (Fsp3) is 0.857. The van der Waals surface area contributed by atoms with E-state index in [4.69, 9.17) is 10.5 Å². The molecule has 1 fully saturated rings. The van der Waals surface area contributed by atoms with Crippen molar-refractivity contribution in [1.82, 2.24) is 9.80 Å². The van der Waals surface area contributed by atoms with Crippen LogP contribution in [0.3, 0.4) is 0 Å². The van der Waals surface area contributed by atoms with Crippen LogP contribution in [-0.4, -0.2) is 60.2 Å². The lowest BCUT2D eigenvalue weighted by molar-refractivity contribution is 0.0186. The topological polar surface area (TPSA) is 71.2 Å². The quantitative estimate of drug-likeness (QED) is 0.616. The Hall–Kier alpha value is -1.46. The van der Waals surface area contributed by atoms with E-state index in [0.29, 0.717) is 38.1 Å². The Balaban J connectivity index is 2.43. The maximum absolute atomic E-state index is 11.9. The molecule has 0 aromatic carbocycles. The van der Waals surface area contributed by atoms with Gasteiger partial charge < -0.3 is 20.3 Å². The molecule has 1 saturated heterocycles. The lowest BCUT2D eigenvalue weighted by atomic mass is 10.2. The van der Waals surface area contributed by atoms with Crippen molar-refractivity contribution in [3.8, 4) is 0 Å². The summed E-state index contributed by atoms with van der Waals surface area (Å²) in [5, 5.41) is 0. The number of aliphatic imine (C=N–C) groups is 1. The first-order chi connectivity index (χ1) is 9.19. The number of carbonyl (C=O) groups excluding carboxylic acids is 1. The third-order valence-electron chi connectivity index (χ3n) is 2.87. The molecule has 0 atom stereocenters. The Morgan fingerprint density at radius 1 is 1.20 bits per heavy atom. The van der Waals surface area contributed by atoms with Crippen LogP contribution in [0.1, 0.15) is 34.6 Å². The minimum absolute atomic E-state index is 0.255. The van der Waals surface area contributed by atoms with Crippen LogP contribution in [0, 0.1) is 5.92 Å². The maximum atomic E-state index is 11.9. The summed E-state index contributed by atoms with van der Waals surface area (Å²) in [4.78, 5) is 20.0. The molecule has 0 spiro atoms. The SMILES string of the molecule is CC(C)CN=C(N)N1CCN(C(=O)OC(C)(C)C)CC1. The zero-order valence-electron chi connectivity index (χ0n) is 13.3. The first-order valence-corrected chi connectivity index (χ1v) is 7.22. The highest BCUT2D eigenvalue weighted by atomic mass is 16.6. The summed E-state index contributed by atoms with van der Waals surface area (Å²) in [6.07, 6.45) is -0.255. The van der Waals surface area contributed by atoms with Crippen LogP contribution in [-0.2, 0) is 4.74 Å². The molecule has 20 heavy (non-hydrogen) atoms. The first-order valence-electron chi connectivity index (χ1n) is 7.22. The van der Waals surface area contributed by atoms with Crippen LogP contribution in [0.15, 0.2) is 4.99 Å². The number of nitrogens with two attached hydrogens (primary N) is 1. The summed E-state index contributed by atoms with van der Waals surface area (Å²) in [6.45, 7) is 13.2. The Morgan fingerprint density at radius 2 is 1.70 bits per heavy atom. The number of hydrogen-bond acceptors (Lipinski definition) is 3. The van der Waals surface area contributed by atoms with E-state index in [0.717, 1.165) is 6.54 Å². The third-order valence-corrected chi connectivity index (χ3v) is 2.87. The van der Waals surface area contributed by atoms with Gasteiger partial charge in [-0.05, 0) is 26.7 Å². The second kappa shape index (κ2) is 6.81. The molecule has 1 aliphatic rings. The smallest absolute Gasteiger partial charge is 0.410 e. The van der Waals surface area contributed by atoms with E-state index in [-0.39, 0.29) is 6.09 Å². The summed E-state index contributed by atoms with van der Waals surface area (Å²) in [5.41, 5.74) is 5.51. The van der Waals surface area contributed by atoms with Gasteiger partial charge in [0.25, 0.3) is 0 Å². The fourth-order valence-electron chi connectivity index (χ4n) is 1.82. The van der Waals surface area contributed by atoms with Crippen molar-refractivity contribution in [2.45, 2.75) is 40.2 Å². The number of hydrogen-bond donors (Lipinski definition) is 1. The van der Waals surface area contributed by atoms with Crippen LogP contribution < -0.4 is 5.73 Å². The van der Waals surface area contributed by atoms with Crippen molar-refractivity contribution in [2.24, 2.45) is 16.6 Å². The van der Waals surface area contributed by atoms with Crippen molar-refractivity contribution in [3.63, 3.8) is 0 Å². The van der Waals surface area contributed by atoms with Gasteiger partial charge in [-0.15, -0.1) is 0 Å². The second-order valence-corrected chi connectivity index (χ2v) is 6.55. The summed E-state index contributed by atoms with van der Waals surface area (Å²) in [7, 11) is 0. The summed E-state index contributed by atoms with van der Waals surface area (Å²) >= 11 is 0. The van der Waals surface area contributed by atoms with E-state index in [2.05, 4.69) is 18.8 Å². The van der Waals surface area contributed by atoms with Gasteiger partial charge in [0.2, 0.25) is 0 Å². The van der Waals surface area contributed by atoms with E-state index >= 15 is 0 Å². The molecular weight excluding hydrogens is 256 g/mol. The van der Waals surface area contributed by atoms with Gasteiger partial charge in [-0.2, -0.15) is 0 Å². The maximum Gasteiger partial charge on any atom is 0.410 e. The molecule has 0 aromatic rings. The average molecular weight is 284 g/mol. The van der Waals surface area contributed by atoms with Crippen molar-refractivity contribution >= 4 is 12.1 Å². The number of guanidine groups is 1. The molecule has 1 aliphatic heterocycles. The number of rotatable bonds is 2. The molecule has 0 bridgehead atoms. The van der Waals surface area contributed by atoms with E-state index in [9.17, 15) is 4.79 Å². The van der Waals surface area contributed by atoms with Crippen molar-refractivity contribution in [2.75, 3.05) is 32.7 Å². The first kappa shape index (κ1) is 16.6. The summed E-state index contributed by atoms with van der Waals surface area (Å²) in [6, 6.07) is 0. The zero-order valence-corrected chi connectivity index (χ0v) is 13.3. The van der Waals surface area contributed by atoms with E-state index in [1.807, 2.05) is 25.7 Å². The number of amides is 1. The van der Waals surface area contributed by atoms with Gasteiger partial charge in [0, 0.05) is 32.7 Å². The molecule has 0 aliphatic carbocycles. The van der Waals surface area contributed by atoms with Crippen LogP contribution in [0.2, 0.25) is 0 Å². The minimum atomic E-state index is -0.452. The summed E-state index contributed by atoms with van der Waals surface area (Å²) < 4.78 is 5.36. The zero-order chi connectivity index (χ0) is 15.3.